The first-order valence-corrected chi connectivity index (χ1v) is 16.8. The average molecular weight is 645 g/mol. The number of nitrogens with one attached hydrogen (secondary N) is 3. The van der Waals surface area contributed by atoms with Gasteiger partial charge in [-0.05, 0) is 77.4 Å². The molecule has 0 saturated carbocycles. The molecule has 1 heterocycles. The topological polar surface area (TPSA) is 104 Å². The zero-order valence-electron chi connectivity index (χ0n) is 26.2. The first-order valence-electron chi connectivity index (χ1n) is 15.3. The van der Waals surface area contributed by atoms with E-state index in [9.17, 15) is 13.2 Å². The SMILES string of the molecule is CN(C)c1ccc(C(CNC(=O)c2cccc(S(=O)(=O)Nc3ccc(OCc4ccccc4)cc3)c2)c2c[nH]c3ccccc23)cc1. The standard InChI is InChI=1S/C38H36N4O4S/c1-42(2)31-19-15-28(16-20-31)35(36-25-39-37-14-7-6-13-34(36)37)24-40-38(43)29-11-8-12-33(23-29)47(44,45)41-30-17-21-32(22-18-30)46-26-27-9-4-3-5-10-27/h3-23,25,35,39,41H,24,26H2,1-2H3,(H,40,43). The van der Waals surface area contributed by atoms with Crippen LogP contribution in [-0.2, 0) is 16.6 Å². The molecule has 0 bridgehead atoms. The number of sulfonamides is 1. The maximum Gasteiger partial charge on any atom is 0.261 e. The number of aromatic nitrogens is 1. The third-order valence-electron chi connectivity index (χ3n) is 8.04. The van der Waals surface area contributed by atoms with Crippen LogP contribution < -0.4 is 19.7 Å². The first kappa shape index (κ1) is 31.4. The Labute approximate surface area is 275 Å². The number of amides is 1. The Morgan fingerprint density at radius 3 is 2.30 bits per heavy atom. The molecule has 6 rings (SSSR count). The number of aromatic amines is 1. The highest BCUT2D eigenvalue weighted by Crippen LogP contribution is 2.31. The highest BCUT2D eigenvalue weighted by atomic mass is 32.2. The third kappa shape index (κ3) is 7.48. The van der Waals surface area contributed by atoms with Gasteiger partial charge in [0.15, 0.2) is 0 Å². The predicted octanol–water partition coefficient (Wildman–Crippen LogP) is 7.18. The summed E-state index contributed by atoms with van der Waals surface area (Å²) in [5, 5.41) is 4.14. The lowest BCUT2D eigenvalue weighted by molar-refractivity contribution is 0.0952. The molecule has 0 aliphatic heterocycles. The van der Waals surface area contributed by atoms with Gasteiger partial charge in [0, 0.05) is 60.6 Å². The molecule has 47 heavy (non-hydrogen) atoms. The number of anilines is 2. The molecule has 1 amide bonds. The van der Waals surface area contributed by atoms with Crippen molar-refractivity contribution in [2.45, 2.75) is 17.4 Å². The van der Waals surface area contributed by atoms with Crippen LogP contribution in [0.3, 0.4) is 0 Å². The van der Waals surface area contributed by atoms with Gasteiger partial charge in [0.25, 0.3) is 15.9 Å². The normalized spacial score (nSPS) is 12.0. The lowest BCUT2D eigenvalue weighted by Crippen LogP contribution is -2.29. The van der Waals surface area contributed by atoms with Crippen molar-refractivity contribution in [2.75, 3.05) is 30.3 Å². The van der Waals surface area contributed by atoms with Gasteiger partial charge in [-0.15, -0.1) is 0 Å². The molecule has 6 aromatic rings. The minimum Gasteiger partial charge on any atom is -0.489 e. The molecule has 1 aromatic heterocycles. The van der Waals surface area contributed by atoms with Crippen LogP contribution in [0.15, 0.2) is 138 Å². The largest absolute Gasteiger partial charge is 0.489 e. The molecule has 8 nitrogen and oxygen atoms in total. The van der Waals surface area contributed by atoms with Gasteiger partial charge in [0.2, 0.25) is 0 Å². The van der Waals surface area contributed by atoms with Crippen LogP contribution in [0.4, 0.5) is 11.4 Å². The van der Waals surface area contributed by atoms with Gasteiger partial charge < -0.3 is 19.9 Å². The zero-order chi connectivity index (χ0) is 32.8. The van der Waals surface area contributed by atoms with Crippen molar-refractivity contribution in [1.82, 2.24) is 10.3 Å². The van der Waals surface area contributed by atoms with E-state index < -0.39 is 10.0 Å². The quantitative estimate of drug-likeness (QED) is 0.131. The molecule has 1 atom stereocenters. The highest BCUT2D eigenvalue weighted by molar-refractivity contribution is 7.92. The summed E-state index contributed by atoms with van der Waals surface area (Å²) in [5.74, 6) is 0.117. The van der Waals surface area contributed by atoms with Gasteiger partial charge in [0.1, 0.15) is 12.4 Å². The van der Waals surface area contributed by atoms with Crippen LogP contribution in [0.25, 0.3) is 10.9 Å². The summed E-state index contributed by atoms with van der Waals surface area (Å²) in [6.07, 6.45) is 1.99. The minimum absolute atomic E-state index is 0.0120. The lowest BCUT2D eigenvalue weighted by Gasteiger charge is -2.20. The van der Waals surface area contributed by atoms with Crippen molar-refractivity contribution in [3.63, 3.8) is 0 Å². The van der Waals surface area contributed by atoms with Gasteiger partial charge in [-0.25, -0.2) is 8.42 Å². The van der Waals surface area contributed by atoms with Crippen LogP contribution in [-0.4, -0.2) is 39.9 Å². The number of ether oxygens (including phenoxy) is 1. The van der Waals surface area contributed by atoms with Crippen molar-refractivity contribution in [1.29, 1.82) is 0 Å². The number of nitrogens with zero attached hydrogens (tertiary/aromatic N) is 1. The van der Waals surface area contributed by atoms with E-state index in [1.807, 2.05) is 73.7 Å². The molecule has 0 spiro atoms. The number of hydrogen-bond acceptors (Lipinski definition) is 5. The summed E-state index contributed by atoms with van der Waals surface area (Å²) in [4.78, 5) is 18.8. The zero-order valence-corrected chi connectivity index (χ0v) is 27.0. The second kappa shape index (κ2) is 13.8. The fraction of sp³-hybridized carbons (Fsp3) is 0.132. The van der Waals surface area contributed by atoms with Gasteiger partial charge >= 0.3 is 0 Å². The summed E-state index contributed by atoms with van der Waals surface area (Å²) in [5.41, 5.74) is 5.88. The summed E-state index contributed by atoms with van der Waals surface area (Å²) < 4.78 is 35.0. The van der Waals surface area contributed by atoms with Crippen molar-refractivity contribution < 1.29 is 17.9 Å². The number of fused-ring (bicyclic) bond motifs is 1. The van der Waals surface area contributed by atoms with E-state index >= 15 is 0 Å². The molecule has 238 valence electrons. The number of carbonyl (C=O) groups excluding carboxylic acids is 1. The van der Waals surface area contributed by atoms with E-state index in [4.69, 9.17) is 4.74 Å². The molecule has 1 unspecified atom stereocenters. The van der Waals surface area contributed by atoms with Crippen LogP contribution >= 0.6 is 0 Å². The number of para-hydroxylation sites is 1. The third-order valence-corrected chi connectivity index (χ3v) is 9.42. The molecule has 0 radical (unpaired) electrons. The monoisotopic (exact) mass is 644 g/mol. The van der Waals surface area contributed by atoms with E-state index in [0.717, 1.165) is 33.3 Å². The molecule has 0 aliphatic rings. The van der Waals surface area contributed by atoms with Gasteiger partial charge in [-0.2, -0.15) is 0 Å². The second-order valence-electron chi connectivity index (χ2n) is 11.5. The molecular weight excluding hydrogens is 609 g/mol. The molecule has 0 aliphatic carbocycles. The van der Waals surface area contributed by atoms with E-state index in [1.165, 1.54) is 12.1 Å². The second-order valence-corrected chi connectivity index (χ2v) is 13.2. The summed E-state index contributed by atoms with van der Waals surface area (Å²) in [6.45, 7) is 0.724. The van der Waals surface area contributed by atoms with Crippen LogP contribution in [0, 0.1) is 0 Å². The molecule has 0 fully saturated rings. The summed E-state index contributed by atoms with van der Waals surface area (Å²) >= 11 is 0. The fourth-order valence-electron chi connectivity index (χ4n) is 5.47. The Bertz CT molecular complexity index is 2070. The molecule has 9 heteroatoms. The minimum atomic E-state index is -3.96. The van der Waals surface area contributed by atoms with Crippen LogP contribution in [0.5, 0.6) is 5.75 Å². The lowest BCUT2D eigenvalue weighted by atomic mass is 9.90. The molecule has 5 aromatic carbocycles. The van der Waals surface area contributed by atoms with E-state index in [2.05, 4.69) is 45.4 Å². The average Bonchev–Trinajstić information content (AvgIpc) is 3.52. The number of rotatable bonds is 12. The van der Waals surface area contributed by atoms with Crippen molar-refractivity contribution >= 4 is 38.2 Å². The summed E-state index contributed by atoms with van der Waals surface area (Å²) in [7, 11) is 0.0286. The fourth-order valence-corrected chi connectivity index (χ4v) is 6.57. The molecule has 3 N–H and O–H groups in total. The molecule has 0 saturated heterocycles. The van der Waals surface area contributed by atoms with Crippen molar-refractivity contribution in [2.24, 2.45) is 0 Å². The Morgan fingerprint density at radius 1 is 0.830 bits per heavy atom. The van der Waals surface area contributed by atoms with E-state index in [1.54, 1.807) is 36.4 Å². The van der Waals surface area contributed by atoms with Crippen molar-refractivity contribution in [3.8, 4) is 5.75 Å². The number of H-pyrrole nitrogens is 1. The number of benzene rings is 5. The maximum atomic E-state index is 13.4. The highest BCUT2D eigenvalue weighted by Gasteiger charge is 2.21. The Balaban J connectivity index is 1.15. The first-order chi connectivity index (χ1) is 22.8. The number of hydrogen-bond donors (Lipinski definition) is 3. The summed E-state index contributed by atoms with van der Waals surface area (Å²) in [6, 6.07) is 38.9. The smallest absolute Gasteiger partial charge is 0.261 e. The van der Waals surface area contributed by atoms with Gasteiger partial charge in [-0.3, -0.25) is 9.52 Å². The van der Waals surface area contributed by atoms with Crippen LogP contribution in [0.1, 0.15) is 33.0 Å². The predicted molar refractivity (Wildman–Crippen MR) is 188 cm³/mol. The Morgan fingerprint density at radius 2 is 1.55 bits per heavy atom. The van der Waals surface area contributed by atoms with Gasteiger partial charge in [-0.1, -0.05) is 66.7 Å². The Hall–Kier alpha value is -5.54. The molecular formula is C38H36N4O4S. The Kier molecular flexibility index (Phi) is 9.26. The number of carbonyl (C=O) groups is 1. The van der Waals surface area contributed by atoms with E-state index in [-0.39, 0.29) is 22.3 Å². The van der Waals surface area contributed by atoms with Gasteiger partial charge in [0.05, 0.1) is 4.90 Å². The van der Waals surface area contributed by atoms with E-state index in [0.29, 0.717) is 24.6 Å². The van der Waals surface area contributed by atoms with Crippen LogP contribution in [0.2, 0.25) is 0 Å². The maximum absolute atomic E-state index is 13.4. The van der Waals surface area contributed by atoms with Crippen molar-refractivity contribution in [3.05, 3.63) is 156 Å².